The number of nitrogens with zero attached hydrogens (tertiary/aromatic N) is 3. The van der Waals surface area contributed by atoms with Crippen molar-refractivity contribution in [2.75, 3.05) is 5.32 Å². The van der Waals surface area contributed by atoms with Gasteiger partial charge in [-0.15, -0.1) is 0 Å². The molecule has 3 aromatic carbocycles. The first-order valence-electron chi connectivity index (χ1n) is 11.0. The number of benzene rings is 3. The Morgan fingerprint density at radius 1 is 1.00 bits per heavy atom. The minimum atomic E-state index is 0.434. The topological polar surface area (TPSA) is 86.6 Å². The van der Waals surface area contributed by atoms with Crippen molar-refractivity contribution in [1.29, 1.82) is 5.26 Å². The van der Waals surface area contributed by atoms with Gasteiger partial charge in [-0.3, -0.25) is 0 Å². The zero-order chi connectivity index (χ0) is 22.4. The lowest BCUT2D eigenvalue weighted by Gasteiger charge is -2.13. The van der Waals surface area contributed by atoms with E-state index in [0.29, 0.717) is 23.3 Å². The fraction of sp³-hybridized carbons (Fsp3) is 0.148. The molecular formula is C27H21N5O. The van der Waals surface area contributed by atoms with E-state index < -0.39 is 0 Å². The van der Waals surface area contributed by atoms with Crippen molar-refractivity contribution in [2.45, 2.75) is 25.7 Å². The summed E-state index contributed by atoms with van der Waals surface area (Å²) in [5.41, 5.74) is 5.36. The van der Waals surface area contributed by atoms with E-state index in [4.69, 9.17) is 10.00 Å². The zero-order valence-corrected chi connectivity index (χ0v) is 18.1. The summed E-state index contributed by atoms with van der Waals surface area (Å²) < 4.78 is 6.42. The molecule has 1 saturated carbocycles. The van der Waals surface area contributed by atoms with Crippen molar-refractivity contribution in [2.24, 2.45) is 0 Å². The number of hydrogen-bond acceptors (Lipinski definition) is 5. The van der Waals surface area contributed by atoms with Crippen LogP contribution in [0.5, 0.6) is 11.6 Å². The third-order valence-corrected chi connectivity index (χ3v) is 6.09. The number of fused-ring (bicyclic) bond motifs is 2. The molecule has 33 heavy (non-hydrogen) atoms. The Morgan fingerprint density at radius 2 is 1.79 bits per heavy atom. The Kier molecular flexibility index (Phi) is 4.48. The fourth-order valence-electron chi connectivity index (χ4n) is 4.23. The predicted molar refractivity (Wildman–Crippen MR) is 129 cm³/mol. The molecule has 0 aliphatic heterocycles. The minimum Gasteiger partial charge on any atom is -0.436 e. The van der Waals surface area contributed by atoms with Gasteiger partial charge in [-0.2, -0.15) is 10.2 Å². The summed E-state index contributed by atoms with van der Waals surface area (Å²) in [4.78, 5) is 12.6. The monoisotopic (exact) mass is 431 g/mol. The number of hydrogen-bond donors (Lipinski definition) is 2. The summed E-state index contributed by atoms with van der Waals surface area (Å²) in [7, 11) is 0. The van der Waals surface area contributed by atoms with Gasteiger partial charge in [0.05, 0.1) is 11.6 Å². The maximum Gasteiger partial charge on any atom is 0.248 e. The normalized spacial score (nSPS) is 13.2. The number of rotatable bonds is 5. The minimum absolute atomic E-state index is 0.434. The Hall–Kier alpha value is -4.37. The van der Waals surface area contributed by atoms with Crippen molar-refractivity contribution in [3.8, 4) is 17.7 Å². The van der Waals surface area contributed by atoms with E-state index in [1.807, 2.05) is 37.4 Å². The smallest absolute Gasteiger partial charge is 0.248 e. The van der Waals surface area contributed by atoms with Crippen LogP contribution >= 0.6 is 0 Å². The Morgan fingerprint density at radius 3 is 2.55 bits per heavy atom. The van der Waals surface area contributed by atoms with Gasteiger partial charge in [0.15, 0.2) is 0 Å². The largest absolute Gasteiger partial charge is 0.436 e. The van der Waals surface area contributed by atoms with Crippen LogP contribution in [0.3, 0.4) is 0 Å². The van der Waals surface area contributed by atoms with Crippen LogP contribution < -0.4 is 10.1 Å². The quantitative estimate of drug-likeness (QED) is 0.323. The van der Waals surface area contributed by atoms with Crippen LogP contribution in [-0.2, 0) is 0 Å². The van der Waals surface area contributed by atoms with E-state index in [9.17, 15) is 0 Å². The molecular weight excluding hydrogens is 410 g/mol. The summed E-state index contributed by atoms with van der Waals surface area (Å²) in [6, 6.07) is 21.9. The van der Waals surface area contributed by atoms with Crippen LogP contribution in [0, 0.1) is 18.3 Å². The van der Waals surface area contributed by atoms with E-state index in [1.165, 1.54) is 23.8 Å². The molecule has 6 heteroatoms. The zero-order valence-electron chi connectivity index (χ0n) is 18.1. The van der Waals surface area contributed by atoms with Crippen LogP contribution in [0.2, 0.25) is 0 Å². The van der Waals surface area contributed by atoms with Gasteiger partial charge in [0.25, 0.3) is 0 Å². The number of anilines is 2. The molecule has 1 aliphatic rings. The second kappa shape index (κ2) is 7.64. The van der Waals surface area contributed by atoms with Gasteiger partial charge < -0.3 is 15.0 Å². The second-order valence-corrected chi connectivity index (χ2v) is 8.44. The Balaban J connectivity index is 1.42. The van der Waals surface area contributed by atoms with Gasteiger partial charge in [-0.25, -0.2) is 4.98 Å². The molecule has 0 atom stereocenters. The first-order chi connectivity index (χ1) is 16.2. The first-order valence-corrected chi connectivity index (χ1v) is 11.0. The molecule has 0 bridgehead atoms. The third kappa shape index (κ3) is 3.54. The van der Waals surface area contributed by atoms with Gasteiger partial charge in [0.2, 0.25) is 11.8 Å². The number of nitriles is 1. The molecule has 0 saturated heterocycles. The number of H-pyrrole nitrogens is 1. The lowest BCUT2D eigenvalue weighted by Crippen LogP contribution is -2.00. The van der Waals surface area contributed by atoms with Crippen LogP contribution in [-0.4, -0.2) is 15.0 Å². The van der Waals surface area contributed by atoms with Gasteiger partial charge in [0, 0.05) is 17.3 Å². The van der Waals surface area contributed by atoms with E-state index in [1.54, 1.807) is 12.1 Å². The highest BCUT2D eigenvalue weighted by molar-refractivity contribution is 5.92. The highest BCUT2D eigenvalue weighted by atomic mass is 16.5. The van der Waals surface area contributed by atoms with Crippen LogP contribution in [0.1, 0.15) is 35.4 Å². The third-order valence-electron chi connectivity index (χ3n) is 6.09. The standard InChI is InChI=1S/C27H21N5O/c1-16-15-29-25-24(16)31-27(30-19-10-6-17(14-28)7-11-19)32-26(25)33-23-13-12-20(18-8-9-18)21-4-2-3-5-22(21)23/h2-7,10-13,15,18,29H,8-9H2,1H3,(H,30,31,32). The molecule has 1 fully saturated rings. The molecule has 2 aromatic heterocycles. The average molecular weight is 431 g/mol. The van der Waals surface area contributed by atoms with Crippen molar-refractivity contribution in [3.05, 3.63) is 83.6 Å². The molecule has 0 spiro atoms. The first kappa shape index (κ1) is 19.3. The Labute approximate surface area is 190 Å². The van der Waals surface area contributed by atoms with E-state index >= 15 is 0 Å². The lowest BCUT2D eigenvalue weighted by atomic mass is 10.0. The number of nitrogens with one attached hydrogen (secondary N) is 2. The summed E-state index contributed by atoms with van der Waals surface area (Å²) in [6.07, 6.45) is 4.41. The number of aromatic nitrogens is 3. The van der Waals surface area contributed by atoms with E-state index in [-0.39, 0.29) is 0 Å². The molecule has 2 N–H and O–H groups in total. The average Bonchev–Trinajstić information content (AvgIpc) is 3.62. The molecule has 160 valence electrons. The van der Waals surface area contributed by atoms with Crippen LogP contribution in [0.15, 0.2) is 66.9 Å². The highest BCUT2D eigenvalue weighted by Gasteiger charge is 2.26. The van der Waals surface area contributed by atoms with E-state index in [2.05, 4.69) is 50.6 Å². The SMILES string of the molecule is Cc1c[nH]c2c(Oc3ccc(C4CC4)c4ccccc34)nc(Nc3ccc(C#N)cc3)nc12. The summed E-state index contributed by atoms with van der Waals surface area (Å²) in [6.45, 7) is 2.00. The fourth-order valence-corrected chi connectivity index (χ4v) is 4.23. The van der Waals surface area contributed by atoms with Gasteiger partial charge in [0.1, 0.15) is 16.8 Å². The molecule has 0 radical (unpaired) electrons. The Bertz CT molecular complexity index is 1540. The number of ether oxygens (including phenoxy) is 1. The van der Waals surface area contributed by atoms with Crippen LogP contribution in [0.4, 0.5) is 11.6 Å². The maximum atomic E-state index is 9.03. The van der Waals surface area contributed by atoms with Gasteiger partial charge in [-0.05, 0) is 72.5 Å². The molecule has 6 nitrogen and oxygen atoms in total. The lowest BCUT2D eigenvalue weighted by molar-refractivity contribution is 0.473. The molecule has 1 aliphatic carbocycles. The molecule has 0 unspecified atom stereocenters. The molecule has 2 heterocycles. The van der Waals surface area contributed by atoms with E-state index in [0.717, 1.165) is 33.4 Å². The molecule has 5 aromatic rings. The van der Waals surface area contributed by atoms with Gasteiger partial charge in [-0.1, -0.05) is 30.3 Å². The number of aryl methyl sites for hydroxylation is 1. The summed E-state index contributed by atoms with van der Waals surface area (Å²) in [5, 5.41) is 14.6. The highest BCUT2D eigenvalue weighted by Crippen LogP contribution is 2.45. The maximum absolute atomic E-state index is 9.03. The van der Waals surface area contributed by atoms with Crippen molar-refractivity contribution >= 4 is 33.4 Å². The van der Waals surface area contributed by atoms with Crippen molar-refractivity contribution < 1.29 is 4.74 Å². The van der Waals surface area contributed by atoms with Gasteiger partial charge >= 0.3 is 0 Å². The molecule has 0 amide bonds. The van der Waals surface area contributed by atoms with Crippen LogP contribution in [0.25, 0.3) is 21.8 Å². The number of aromatic amines is 1. The van der Waals surface area contributed by atoms with Crippen molar-refractivity contribution in [1.82, 2.24) is 15.0 Å². The summed E-state index contributed by atoms with van der Waals surface area (Å²) >= 11 is 0. The summed E-state index contributed by atoms with van der Waals surface area (Å²) in [5.74, 6) is 2.33. The predicted octanol–water partition coefficient (Wildman–Crippen LogP) is 6.70. The molecule has 6 rings (SSSR count). The van der Waals surface area contributed by atoms with Crippen molar-refractivity contribution in [3.63, 3.8) is 0 Å². The second-order valence-electron chi connectivity index (χ2n) is 8.44.